The van der Waals surface area contributed by atoms with Gasteiger partial charge in [0.25, 0.3) is 5.56 Å². The van der Waals surface area contributed by atoms with Gasteiger partial charge < -0.3 is 9.64 Å². The number of rotatable bonds is 3. The van der Waals surface area contributed by atoms with Gasteiger partial charge >= 0.3 is 0 Å². The second-order valence-electron chi connectivity index (χ2n) is 8.90. The lowest BCUT2D eigenvalue weighted by molar-refractivity contribution is -0.00521. The Morgan fingerprint density at radius 2 is 1.52 bits per heavy atom. The lowest BCUT2D eigenvalue weighted by Gasteiger charge is -2.36. The van der Waals surface area contributed by atoms with E-state index in [1.54, 1.807) is 4.57 Å². The average molecular weight is 459 g/mol. The van der Waals surface area contributed by atoms with Crippen molar-refractivity contribution in [3.05, 3.63) is 93.9 Å². The predicted molar refractivity (Wildman–Crippen MR) is 137 cm³/mol. The van der Waals surface area contributed by atoms with Gasteiger partial charge in [-0.3, -0.25) is 9.36 Å². The van der Waals surface area contributed by atoms with Crippen molar-refractivity contribution >= 4 is 28.1 Å². The Hall–Kier alpha value is -3.08. The zero-order chi connectivity index (χ0) is 23.1. The van der Waals surface area contributed by atoms with Gasteiger partial charge in [0.1, 0.15) is 0 Å². The number of aryl methyl sites for hydroxylation is 1. The number of aromatic nitrogens is 1. The Morgan fingerprint density at radius 3 is 2.18 bits per heavy atom. The van der Waals surface area contributed by atoms with Crippen molar-refractivity contribution in [1.29, 1.82) is 0 Å². The third-order valence-electron chi connectivity index (χ3n) is 6.30. The molecule has 168 valence electrons. The van der Waals surface area contributed by atoms with Crippen LogP contribution in [-0.2, 0) is 4.74 Å². The quantitative estimate of drug-likeness (QED) is 0.365. The first-order valence-corrected chi connectivity index (χ1v) is 11.7. The molecule has 0 spiro atoms. The highest BCUT2D eigenvalue weighted by molar-refractivity contribution is 6.30. The lowest BCUT2D eigenvalue weighted by atomic mass is 9.96. The summed E-state index contributed by atoms with van der Waals surface area (Å²) < 4.78 is 7.60. The first-order valence-electron chi connectivity index (χ1n) is 11.3. The molecule has 1 saturated heterocycles. The Kier molecular flexibility index (Phi) is 5.73. The maximum atomic E-state index is 13.5. The van der Waals surface area contributed by atoms with Crippen LogP contribution in [-0.4, -0.2) is 29.9 Å². The Balaban J connectivity index is 1.55. The molecule has 1 fully saturated rings. The van der Waals surface area contributed by atoms with E-state index in [1.165, 1.54) is 0 Å². The number of fused-ring (bicyclic) bond motifs is 1. The molecule has 5 rings (SSSR count). The van der Waals surface area contributed by atoms with Crippen molar-refractivity contribution in [2.75, 3.05) is 18.0 Å². The van der Waals surface area contributed by atoms with E-state index in [9.17, 15) is 4.79 Å². The molecule has 4 aromatic rings. The van der Waals surface area contributed by atoms with Gasteiger partial charge in [-0.15, -0.1) is 0 Å². The number of hydrogen-bond donors (Lipinski definition) is 0. The molecule has 0 N–H and O–H groups in total. The van der Waals surface area contributed by atoms with E-state index in [0.717, 1.165) is 46.5 Å². The van der Waals surface area contributed by atoms with Crippen LogP contribution in [0.5, 0.6) is 0 Å². The smallest absolute Gasteiger partial charge is 0.262 e. The molecule has 0 amide bonds. The second kappa shape index (κ2) is 8.69. The number of hydrogen-bond acceptors (Lipinski definition) is 3. The molecule has 0 saturated carbocycles. The molecule has 0 aliphatic carbocycles. The first-order chi connectivity index (χ1) is 15.9. The van der Waals surface area contributed by atoms with E-state index < -0.39 is 0 Å². The maximum absolute atomic E-state index is 13.5. The molecule has 2 atom stereocenters. The molecule has 33 heavy (non-hydrogen) atoms. The van der Waals surface area contributed by atoms with Crippen LogP contribution in [0.2, 0.25) is 5.02 Å². The van der Waals surface area contributed by atoms with Crippen LogP contribution >= 0.6 is 11.6 Å². The third kappa shape index (κ3) is 4.17. The van der Waals surface area contributed by atoms with Gasteiger partial charge in [-0.05, 0) is 85.3 Å². The minimum Gasteiger partial charge on any atom is -0.372 e. The topological polar surface area (TPSA) is 34.5 Å². The Labute approximate surface area is 199 Å². The summed E-state index contributed by atoms with van der Waals surface area (Å²) >= 11 is 6.07. The lowest BCUT2D eigenvalue weighted by Crippen LogP contribution is -2.45. The molecule has 5 heteroatoms. The summed E-state index contributed by atoms with van der Waals surface area (Å²) in [6, 6.07) is 21.9. The zero-order valence-corrected chi connectivity index (χ0v) is 19.8. The minimum atomic E-state index is -0.0206. The number of halogens is 1. The molecular formula is C28H27ClN2O2. The summed E-state index contributed by atoms with van der Waals surface area (Å²) in [5.74, 6) is 0. The minimum absolute atomic E-state index is 0.0206. The van der Waals surface area contributed by atoms with E-state index >= 15 is 0 Å². The van der Waals surface area contributed by atoms with Crippen molar-refractivity contribution in [1.82, 2.24) is 4.57 Å². The van der Waals surface area contributed by atoms with Gasteiger partial charge in [0.05, 0.1) is 12.2 Å². The number of pyridine rings is 1. The van der Waals surface area contributed by atoms with Crippen LogP contribution in [0, 0.1) is 6.92 Å². The second-order valence-corrected chi connectivity index (χ2v) is 9.34. The van der Waals surface area contributed by atoms with Gasteiger partial charge in [0.15, 0.2) is 0 Å². The van der Waals surface area contributed by atoms with E-state index in [1.807, 2.05) is 54.7 Å². The van der Waals surface area contributed by atoms with E-state index in [0.29, 0.717) is 10.4 Å². The van der Waals surface area contributed by atoms with Crippen molar-refractivity contribution in [3.63, 3.8) is 0 Å². The third-order valence-corrected chi connectivity index (χ3v) is 6.55. The summed E-state index contributed by atoms with van der Waals surface area (Å²) in [4.78, 5) is 15.8. The molecule has 1 aliphatic heterocycles. The van der Waals surface area contributed by atoms with Crippen molar-refractivity contribution in [2.24, 2.45) is 0 Å². The normalized spacial score (nSPS) is 18.6. The largest absolute Gasteiger partial charge is 0.372 e. The van der Waals surface area contributed by atoms with Crippen LogP contribution < -0.4 is 10.5 Å². The highest BCUT2D eigenvalue weighted by atomic mass is 35.5. The fourth-order valence-electron chi connectivity index (χ4n) is 4.88. The van der Waals surface area contributed by atoms with Gasteiger partial charge in [-0.2, -0.15) is 0 Å². The van der Waals surface area contributed by atoms with Gasteiger partial charge in [0, 0.05) is 41.1 Å². The van der Waals surface area contributed by atoms with E-state index in [4.69, 9.17) is 16.3 Å². The number of anilines is 1. The summed E-state index contributed by atoms with van der Waals surface area (Å²) in [7, 11) is 0. The molecule has 3 aromatic carbocycles. The van der Waals surface area contributed by atoms with E-state index in [-0.39, 0.29) is 17.8 Å². The Bertz CT molecular complexity index is 1350. The number of nitrogens with zero attached hydrogens (tertiary/aromatic N) is 2. The maximum Gasteiger partial charge on any atom is 0.262 e. The number of morpholine rings is 1. The molecule has 1 unspecified atom stereocenters. The van der Waals surface area contributed by atoms with Crippen LogP contribution in [0.15, 0.2) is 77.7 Å². The van der Waals surface area contributed by atoms with Crippen LogP contribution in [0.3, 0.4) is 0 Å². The van der Waals surface area contributed by atoms with Crippen molar-refractivity contribution < 1.29 is 4.74 Å². The number of ether oxygens (including phenoxy) is 1. The highest BCUT2D eigenvalue weighted by Crippen LogP contribution is 2.31. The molecule has 1 aromatic heterocycles. The predicted octanol–water partition coefficient (Wildman–Crippen LogP) is 6.23. The molecular weight excluding hydrogens is 432 g/mol. The Morgan fingerprint density at radius 1 is 0.879 bits per heavy atom. The van der Waals surface area contributed by atoms with E-state index in [2.05, 4.69) is 43.9 Å². The summed E-state index contributed by atoms with van der Waals surface area (Å²) in [5.41, 5.74) is 5.12. The summed E-state index contributed by atoms with van der Waals surface area (Å²) in [5, 5.41) is 2.39. The average Bonchev–Trinajstić information content (AvgIpc) is 2.81. The fraction of sp³-hybridized carbons (Fsp3) is 0.250. The molecule has 1 aliphatic rings. The first kappa shape index (κ1) is 21.7. The highest BCUT2D eigenvalue weighted by Gasteiger charge is 2.22. The van der Waals surface area contributed by atoms with Gasteiger partial charge in [-0.25, -0.2) is 0 Å². The van der Waals surface area contributed by atoms with Crippen LogP contribution in [0.4, 0.5) is 5.69 Å². The summed E-state index contributed by atoms with van der Waals surface area (Å²) in [6.07, 6.45) is 2.35. The standard InChI is InChI=1S/C28H27ClN2O2/c1-18-15-31(24-13-11-23(12-14-24)30-16-19(2)33-20(3)17-30)28(32)26-6-4-5-25(27(18)26)21-7-9-22(29)10-8-21/h4-15,19-20H,16-17H2,1-3H3/t19-,20?/m0/s1. The number of benzene rings is 3. The van der Waals surface area contributed by atoms with Gasteiger partial charge in [0.2, 0.25) is 0 Å². The molecule has 4 nitrogen and oxygen atoms in total. The SMILES string of the molecule is Cc1cn(-c2ccc(N3CC(C)O[C@@H](C)C3)cc2)c(=O)c2cccc(-c3ccc(Cl)cc3)c12. The molecule has 0 bridgehead atoms. The van der Waals surface area contributed by atoms with Gasteiger partial charge in [-0.1, -0.05) is 35.9 Å². The fourth-order valence-corrected chi connectivity index (χ4v) is 5.00. The monoisotopic (exact) mass is 458 g/mol. The molecule has 0 radical (unpaired) electrons. The van der Waals surface area contributed by atoms with Crippen molar-refractivity contribution in [3.8, 4) is 16.8 Å². The van der Waals surface area contributed by atoms with Crippen LogP contribution in [0.25, 0.3) is 27.6 Å². The van der Waals surface area contributed by atoms with Crippen LogP contribution in [0.1, 0.15) is 19.4 Å². The van der Waals surface area contributed by atoms with Crippen molar-refractivity contribution in [2.45, 2.75) is 33.0 Å². The molecule has 2 heterocycles. The summed E-state index contributed by atoms with van der Waals surface area (Å²) in [6.45, 7) is 8.00. The zero-order valence-electron chi connectivity index (χ0n) is 19.1.